The van der Waals surface area contributed by atoms with Crippen LogP contribution in [-0.2, 0) is 27.4 Å². The smallest absolute Gasteiger partial charge is 0.298 e. The number of rotatable bonds is 7. The predicted octanol–water partition coefficient (Wildman–Crippen LogP) is 4.05. The van der Waals surface area contributed by atoms with E-state index in [4.69, 9.17) is 0 Å². The molecule has 2 aliphatic heterocycles. The van der Waals surface area contributed by atoms with Crippen LogP contribution in [0.3, 0.4) is 0 Å². The van der Waals surface area contributed by atoms with Gasteiger partial charge < -0.3 is 0 Å². The van der Waals surface area contributed by atoms with Crippen molar-refractivity contribution < 1.29 is 30.8 Å². The molecule has 2 bridgehead atoms. The van der Waals surface area contributed by atoms with Crippen molar-refractivity contribution in [2.75, 3.05) is 0 Å². The summed E-state index contributed by atoms with van der Waals surface area (Å²) in [6.45, 7) is 0. The van der Waals surface area contributed by atoms with Gasteiger partial charge in [0.25, 0.3) is 0 Å². The van der Waals surface area contributed by atoms with Crippen molar-refractivity contribution in [2.45, 2.75) is 48.8 Å². The molecule has 1 aliphatic carbocycles. The fourth-order valence-corrected chi connectivity index (χ4v) is 6.69. The van der Waals surface area contributed by atoms with Gasteiger partial charge >= 0.3 is 6.18 Å². The highest BCUT2D eigenvalue weighted by Crippen LogP contribution is 2.49. The average Bonchev–Trinajstić information content (AvgIpc) is 3.40. The van der Waals surface area contributed by atoms with Crippen molar-refractivity contribution in [2.24, 2.45) is 5.92 Å². The van der Waals surface area contributed by atoms with E-state index in [1.165, 1.54) is 28.8 Å². The lowest BCUT2D eigenvalue weighted by molar-refractivity contribution is -0.141. The molecule has 1 atom stereocenters. The van der Waals surface area contributed by atoms with Gasteiger partial charge in [0.05, 0.1) is 16.6 Å². The molecule has 1 aromatic carbocycles. The van der Waals surface area contributed by atoms with Gasteiger partial charge in [-0.05, 0) is 67.6 Å². The van der Waals surface area contributed by atoms with Crippen LogP contribution in [0.5, 0.6) is 0 Å². The van der Waals surface area contributed by atoms with Gasteiger partial charge in [0.15, 0.2) is 5.78 Å². The van der Waals surface area contributed by atoms with Gasteiger partial charge in [-0.25, -0.2) is 22.8 Å². The number of hydrogen-bond acceptors (Lipinski definition) is 6. The Morgan fingerprint density at radius 3 is 2.39 bits per heavy atom. The molecule has 0 amide bonds. The zero-order chi connectivity index (χ0) is 25.7. The summed E-state index contributed by atoms with van der Waals surface area (Å²) in [6.07, 6.45) is -0.764. The quantitative estimate of drug-likeness (QED) is 0.437. The van der Waals surface area contributed by atoms with E-state index >= 15 is 0 Å². The number of benzene rings is 1. The molecule has 0 unspecified atom stereocenters. The zero-order valence-electron chi connectivity index (χ0n) is 18.7. The molecule has 2 aromatic heterocycles. The van der Waals surface area contributed by atoms with Crippen LogP contribution < -0.4 is 0 Å². The summed E-state index contributed by atoms with van der Waals surface area (Å²) < 4.78 is 79.3. The molecule has 3 aromatic rings. The molecule has 12 heteroatoms. The molecule has 1 saturated carbocycles. The first-order valence-electron chi connectivity index (χ1n) is 11.2. The molecule has 3 fully saturated rings. The Hall–Kier alpha value is -3.25. The van der Waals surface area contributed by atoms with E-state index in [1.54, 1.807) is 6.07 Å². The van der Waals surface area contributed by atoms with Gasteiger partial charge in [-0.2, -0.15) is 17.5 Å². The number of fused-ring (bicyclic) bond motifs is 1. The van der Waals surface area contributed by atoms with E-state index in [9.17, 15) is 30.8 Å². The van der Waals surface area contributed by atoms with Gasteiger partial charge in [0.2, 0.25) is 10.0 Å². The highest BCUT2D eigenvalue weighted by atomic mass is 32.2. The summed E-state index contributed by atoms with van der Waals surface area (Å²) in [5.74, 6) is -0.845. The monoisotopic (exact) mass is 520 g/mol. The number of aromatic nitrogens is 3. The van der Waals surface area contributed by atoms with Crippen molar-refractivity contribution in [1.29, 1.82) is 0 Å². The fraction of sp³-hybridized carbons (Fsp3) is 0.333. The minimum Gasteiger partial charge on any atom is -0.298 e. The molecular weight excluding hydrogens is 500 g/mol. The molecule has 0 spiro atoms. The predicted molar refractivity (Wildman–Crippen MR) is 119 cm³/mol. The zero-order valence-corrected chi connectivity index (χ0v) is 19.5. The number of alkyl halides is 3. The number of carbonyl (C=O) groups is 1. The molecule has 3 aliphatic rings. The topological polar surface area (TPSA) is 93.1 Å². The van der Waals surface area contributed by atoms with Crippen LogP contribution in [-0.4, -0.2) is 45.5 Å². The number of halogens is 4. The fourth-order valence-electron chi connectivity index (χ4n) is 4.81. The Kier molecular flexibility index (Phi) is 6.11. The third-order valence-electron chi connectivity index (χ3n) is 6.65. The van der Waals surface area contributed by atoms with Gasteiger partial charge in [-0.15, -0.1) is 0 Å². The van der Waals surface area contributed by atoms with Crippen molar-refractivity contribution in [3.05, 3.63) is 72.2 Å². The second kappa shape index (κ2) is 9.00. The Bertz CT molecular complexity index is 1390. The SMILES string of the molecule is O=C(CCc1cc(-c2ccc(C(F)(F)F)nc2)ncn1)[C@@H]1C2CC(C2)N1S(=O)(=O)c1ccc(F)cc1. The Labute approximate surface area is 204 Å². The molecular formula is C24H20F4N4O3S. The first-order chi connectivity index (χ1) is 17.0. The lowest BCUT2D eigenvalue weighted by atomic mass is 9.81. The van der Waals surface area contributed by atoms with Gasteiger partial charge in [-0.3, -0.25) is 9.78 Å². The van der Waals surface area contributed by atoms with Gasteiger partial charge in [0.1, 0.15) is 17.8 Å². The van der Waals surface area contributed by atoms with Crippen LogP contribution in [0.25, 0.3) is 11.3 Å². The number of pyridine rings is 1. The highest BCUT2D eigenvalue weighted by Gasteiger charge is 2.58. The van der Waals surface area contributed by atoms with Crippen LogP contribution in [0.2, 0.25) is 0 Å². The highest BCUT2D eigenvalue weighted by molar-refractivity contribution is 7.89. The third-order valence-corrected chi connectivity index (χ3v) is 8.60. The van der Waals surface area contributed by atoms with E-state index < -0.39 is 33.8 Å². The van der Waals surface area contributed by atoms with E-state index in [0.717, 1.165) is 24.4 Å². The van der Waals surface area contributed by atoms with Crippen molar-refractivity contribution >= 4 is 15.8 Å². The molecule has 36 heavy (non-hydrogen) atoms. The number of ketones is 1. The average molecular weight is 521 g/mol. The summed E-state index contributed by atoms with van der Waals surface area (Å²) in [7, 11) is -3.96. The molecule has 4 heterocycles. The summed E-state index contributed by atoms with van der Waals surface area (Å²) >= 11 is 0. The number of carbonyl (C=O) groups excluding carboxylic acids is 1. The minimum absolute atomic E-state index is 0.0328. The number of nitrogens with zero attached hydrogens (tertiary/aromatic N) is 4. The summed E-state index contributed by atoms with van der Waals surface area (Å²) in [5.41, 5.74) is 0.205. The van der Waals surface area contributed by atoms with Crippen LogP contribution in [0, 0.1) is 11.7 Å². The number of aryl methyl sites for hydroxylation is 1. The third kappa shape index (κ3) is 4.50. The Morgan fingerprint density at radius 1 is 1.03 bits per heavy atom. The first-order valence-corrected chi connectivity index (χ1v) is 12.6. The summed E-state index contributed by atoms with van der Waals surface area (Å²) in [6, 6.07) is 7.19. The molecule has 2 saturated heterocycles. The van der Waals surface area contributed by atoms with Crippen LogP contribution in [0.4, 0.5) is 17.6 Å². The van der Waals surface area contributed by atoms with Crippen LogP contribution >= 0.6 is 0 Å². The Balaban J connectivity index is 1.29. The second-order valence-corrected chi connectivity index (χ2v) is 10.8. The summed E-state index contributed by atoms with van der Waals surface area (Å²) in [5, 5.41) is 0. The maximum atomic E-state index is 13.3. The maximum absolute atomic E-state index is 13.3. The molecule has 6 rings (SSSR count). The minimum atomic E-state index is -4.55. The van der Waals surface area contributed by atoms with Crippen molar-refractivity contribution in [1.82, 2.24) is 19.3 Å². The second-order valence-electron chi connectivity index (χ2n) is 8.91. The molecule has 188 valence electrons. The van der Waals surface area contributed by atoms with E-state index in [0.29, 0.717) is 29.8 Å². The normalized spacial score (nSPS) is 21.8. The van der Waals surface area contributed by atoms with E-state index in [1.807, 2.05) is 0 Å². The lowest BCUT2D eigenvalue weighted by Gasteiger charge is -2.25. The lowest BCUT2D eigenvalue weighted by Crippen LogP contribution is -2.41. The maximum Gasteiger partial charge on any atom is 0.433 e. The summed E-state index contributed by atoms with van der Waals surface area (Å²) in [4.78, 5) is 24.8. The van der Waals surface area contributed by atoms with Crippen LogP contribution in [0.1, 0.15) is 30.7 Å². The van der Waals surface area contributed by atoms with Crippen molar-refractivity contribution in [3.8, 4) is 11.3 Å². The molecule has 0 N–H and O–H groups in total. The number of sulfonamides is 1. The van der Waals surface area contributed by atoms with Crippen LogP contribution in [0.15, 0.2) is 59.9 Å². The van der Waals surface area contributed by atoms with Gasteiger partial charge in [-0.1, -0.05) is 0 Å². The Morgan fingerprint density at radius 2 is 1.75 bits per heavy atom. The molecule has 0 radical (unpaired) electrons. The number of hydrogen-bond donors (Lipinski definition) is 0. The number of Topliss-reactive ketones (excluding diaryl/α,β-unsaturated/α-hetero) is 1. The standard InChI is InChI=1S/C24H20F4N4O3S/c25-16-2-5-19(6-3-16)36(34,35)32-18-9-15(10-18)23(32)21(33)7-4-17-11-20(31-13-30-17)14-1-8-22(29-12-14)24(26,27)28/h1-3,5-6,8,11-13,15,18,23H,4,7,9-10H2/t15?,18?,23-/m0/s1. The first kappa shape index (κ1) is 24.4. The van der Waals surface area contributed by atoms with E-state index in [2.05, 4.69) is 15.0 Å². The largest absolute Gasteiger partial charge is 0.433 e. The van der Waals surface area contributed by atoms with Gasteiger partial charge in [0, 0.05) is 29.9 Å². The van der Waals surface area contributed by atoms with E-state index in [-0.39, 0.29) is 35.5 Å². The van der Waals surface area contributed by atoms with Crippen molar-refractivity contribution in [3.63, 3.8) is 0 Å². The molecule has 7 nitrogen and oxygen atoms in total.